The summed E-state index contributed by atoms with van der Waals surface area (Å²) >= 11 is 0. The second-order valence-corrected chi connectivity index (χ2v) is 7.93. The van der Waals surface area contributed by atoms with Gasteiger partial charge in [-0.3, -0.25) is 9.36 Å². The zero-order valence-electron chi connectivity index (χ0n) is 18.0. The predicted octanol–water partition coefficient (Wildman–Crippen LogP) is 2.69. The Kier molecular flexibility index (Phi) is 6.45. The first-order valence-corrected chi connectivity index (χ1v) is 10.6. The van der Waals surface area contributed by atoms with Crippen molar-refractivity contribution in [1.82, 2.24) is 24.8 Å². The van der Waals surface area contributed by atoms with E-state index in [0.717, 1.165) is 43.3 Å². The molecule has 1 aliphatic heterocycles. The van der Waals surface area contributed by atoms with E-state index in [9.17, 15) is 4.79 Å². The van der Waals surface area contributed by atoms with E-state index >= 15 is 0 Å². The summed E-state index contributed by atoms with van der Waals surface area (Å²) < 4.78 is 7.63. The Morgan fingerprint density at radius 2 is 1.84 bits per heavy atom. The third-order valence-corrected chi connectivity index (χ3v) is 5.46. The average Bonchev–Trinajstić information content (AvgIpc) is 3.31. The van der Waals surface area contributed by atoms with E-state index in [4.69, 9.17) is 4.74 Å². The van der Waals surface area contributed by atoms with Crippen molar-refractivity contribution in [2.24, 2.45) is 5.92 Å². The lowest BCUT2D eigenvalue weighted by atomic mass is 9.96. The number of ether oxygens (including phenoxy) is 1. The normalized spacial score (nSPS) is 14.5. The molecule has 4 rings (SSSR count). The van der Waals surface area contributed by atoms with E-state index in [-0.39, 0.29) is 11.8 Å². The fourth-order valence-corrected chi connectivity index (χ4v) is 3.92. The Bertz CT molecular complexity index is 992. The van der Waals surface area contributed by atoms with Gasteiger partial charge in [-0.25, -0.2) is 15.0 Å². The van der Waals surface area contributed by atoms with Crippen molar-refractivity contribution < 1.29 is 9.53 Å². The summed E-state index contributed by atoms with van der Waals surface area (Å²) in [6.07, 6.45) is 8.46. The second kappa shape index (κ2) is 9.59. The fraction of sp³-hybridized carbons (Fsp3) is 0.391. The Morgan fingerprint density at radius 1 is 1.10 bits per heavy atom. The number of carbonyl (C=O) groups excluding carboxylic acids is 1. The van der Waals surface area contributed by atoms with Crippen LogP contribution in [-0.2, 0) is 4.79 Å². The van der Waals surface area contributed by atoms with Crippen molar-refractivity contribution >= 4 is 11.7 Å². The van der Waals surface area contributed by atoms with Crippen molar-refractivity contribution in [2.45, 2.75) is 26.7 Å². The minimum Gasteiger partial charge on any atom is -0.492 e. The van der Waals surface area contributed by atoms with E-state index < -0.39 is 0 Å². The highest BCUT2D eigenvalue weighted by atomic mass is 16.5. The lowest BCUT2D eigenvalue weighted by molar-refractivity contribution is -0.125. The molecule has 0 radical (unpaired) electrons. The van der Waals surface area contributed by atoms with Gasteiger partial charge in [0.05, 0.1) is 6.54 Å². The highest BCUT2D eigenvalue weighted by Gasteiger charge is 2.25. The molecule has 162 valence electrons. The van der Waals surface area contributed by atoms with Gasteiger partial charge in [0.1, 0.15) is 36.6 Å². The SMILES string of the molecule is Cc1cc(C)cc(OCCNC(=O)C2CCN(c3cc(-n4ccnc4)ncn3)CC2)c1. The maximum Gasteiger partial charge on any atom is 0.223 e. The lowest BCUT2D eigenvalue weighted by Gasteiger charge is -2.32. The Labute approximate surface area is 182 Å². The van der Waals surface area contributed by atoms with Crippen LogP contribution in [0.2, 0.25) is 0 Å². The molecule has 1 saturated heterocycles. The lowest BCUT2D eigenvalue weighted by Crippen LogP contribution is -2.41. The maximum atomic E-state index is 12.5. The summed E-state index contributed by atoms with van der Waals surface area (Å²) in [6.45, 7) is 6.65. The Hall–Kier alpha value is -3.42. The molecule has 0 atom stereocenters. The van der Waals surface area contributed by atoms with Crippen LogP contribution in [0.3, 0.4) is 0 Å². The van der Waals surface area contributed by atoms with Gasteiger partial charge >= 0.3 is 0 Å². The van der Waals surface area contributed by atoms with Crippen LogP contribution in [0, 0.1) is 19.8 Å². The molecule has 0 bridgehead atoms. The van der Waals surface area contributed by atoms with E-state index in [1.165, 1.54) is 11.1 Å². The summed E-state index contributed by atoms with van der Waals surface area (Å²) in [5.74, 6) is 2.63. The molecule has 3 aromatic rings. The molecule has 31 heavy (non-hydrogen) atoms. The van der Waals surface area contributed by atoms with Gasteiger partial charge in [0, 0.05) is 37.5 Å². The molecular weight excluding hydrogens is 392 g/mol. The van der Waals surface area contributed by atoms with Crippen molar-refractivity contribution in [3.8, 4) is 11.6 Å². The smallest absolute Gasteiger partial charge is 0.223 e. The van der Waals surface area contributed by atoms with E-state index in [2.05, 4.69) is 31.2 Å². The molecule has 0 unspecified atom stereocenters. The minimum atomic E-state index is 0.0208. The number of imidazole rings is 1. The molecule has 8 heteroatoms. The minimum absolute atomic E-state index is 0.0208. The summed E-state index contributed by atoms with van der Waals surface area (Å²) in [5.41, 5.74) is 2.35. The molecule has 1 fully saturated rings. The maximum absolute atomic E-state index is 12.5. The number of amides is 1. The van der Waals surface area contributed by atoms with Crippen LogP contribution in [0.5, 0.6) is 5.75 Å². The topological polar surface area (TPSA) is 85.2 Å². The number of nitrogens with one attached hydrogen (secondary N) is 1. The quantitative estimate of drug-likeness (QED) is 0.592. The van der Waals surface area contributed by atoms with Gasteiger partial charge in [-0.2, -0.15) is 0 Å². The standard InChI is InChI=1S/C23H28N6O2/c1-17-11-18(2)13-20(12-17)31-10-6-25-23(30)19-3-7-28(8-4-19)21-14-22(27-15-26-21)29-9-5-24-16-29/h5,9,11-16,19H,3-4,6-8,10H2,1-2H3,(H,25,30). The first-order valence-electron chi connectivity index (χ1n) is 10.6. The van der Waals surface area contributed by atoms with Crippen molar-refractivity contribution in [3.63, 3.8) is 0 Å². The number of nitrogens with zero attached hydrogens (tertiary/aromatic N) is 5. The van der Waals surface area contributed by atoms with Crippen LogP contribution in [0.1, 0.15) is 24.0 Å². The van der Waals surface area contributed by atoms with Crippen LogP contribution in [0.25, 0.3) is 5.82 Å². The zero-order valence-corrected chi connectivity index (χ0v) is 18.0. The number of aromatic nitrogens is 4. The van der Waals surface area contributed by atoms with E-state index in [1.54, 1.807) is 18.9 Å². The number of carbonyl (C=O) groups is 1. The van der Waals surface area contributed by atoms with Crippen LogP contribution >= 0.6 is 0 Å². The van der Waals surface area contributed by atoms with Gasteiger partial charge in [0.25, 0.3) is 0 Å². The number of aryl methyl sites for hydroxylation is 2. The molecule has 1 aliphatic rings. The predicted molar refractivity (Wildman–Crippen MR) is 119 cm³/mol. The number of hydrogen-bond acceptors (Lipinski definition) is 6. The number of hydrogen-bond donors (Lipinski definition) is 1. The largest absolute Gasteiger partial charge is 0.492 e. The molecule has 2 aromatic heterocycles. The van der Waals surface area contributed by atoms with Gasteiger partial charge < -0.3 is 15.0 Å². The summed E-state index contributed by atoms with van der Waals surface area (Å²) in [7, 11) is 0. The molecule has 1 amide bonds. The molecule has 0 aliphatic carbocycles. The molecule has 8 nitrogen and oxygen atoms in total. The fourth-order valence-electron chi connectivity index (χ4n) is 3.92. The summed E-state index contributed by atoms with van der Waals surface area (Å²) in [4.78, 5) is 27.5. The van der Waals surface area contributed by atoms with Crippen molar-refractivity contribution in [3.05, 3.63) is 60.4 Å². The highest BCUT2D eigenvalue weighted by Crippen LogP contribution is 2.23. The third-order valence-electron chi connectivity index (χ3n) is 5.46. The average molecular weight is 421 g/mol. The first-order chi connectivity index (χ1) is 15.1. The number of benzene rings is 1. The first kappa shape index (κ1) is 20.8. The Morgan fingerprint density at radius 3 is 2.55 bits per heavy atom. The molecule has 0 saturated carbocycles. The molecule has 1 N–H and O–H groups in total. The number of anilines is 1. The number of rotatable bonds is 7. The van der Waals surface area contributed by atoms with Gasteiger partial charge in [-0.15, -0.1) is 0 Å². The van der Waals surface area contributed by atoms with Crippen molar-refractivity contribution in [1.29, 1.82) is 0 Å². The Balaban J connectivity index is 1.22. The monoisotopic (exact) mass is 420 g/mol. The van der Waals surface area contributed by atoms with E-state index in [0.29, 0.717) is 13.2 Å². The second-order valence-electron chi connectivity index (χ2n) is 7.93. The van der Waals surface area contributed by atoms with Crippen molar-refractivity contribution in [2.75, 3.05) is 31.1 Å². The van der Waals surface area contributed by atoms with Crippen LogP contribution in [0.4, 0.5) is 5.82 Å². The third kappa shape index (κ3) is 5.39. The van der Waals surface area contributed by atoms with Crippen LogP contribution in [-0.4, -0.2) is 51.7 Å². The summed E-state index contributed by atoms with van der Waals surface area (Å²) in [6, 6.07) is 8.08. The van der Waals surface area contributed by atoms with Gasteiger partial charge in [0.2, 0.25) is 5.91 Å². The van der Waals surface area contributed by atoms with E-state index in [1.807, 2.05) is 42.8 Å². The number of piperidine rings is 1. The van der Waals surface area contributed by atoms with Gasteiger partial charge in [-0.05, 0) is 49.9 Å². The molecule has 1 aromatic carbocycles. The molecule has 0 spiro atoms. The highest BCUT2D eigenvalue weighted by molar-refractivity contribution is 5.79. The summed E-state index contributed by atoms with van der Waals surface area (Å²) in [5, 5.41) is 3.02. The van der Waals surface area contributed by atoms with Crippen LogP contribution < -0.4 is 15.0 Å². The van der Waals surface area contributed by atoms with Crippen LogP contribution in [0.15, 0.2) is 49.3 Å². The van der Waals surface area contributed by atoms with Gasteiger partial charge in [0.15, 0.2) is 0 Å². The zero-order chi connectivity index (χ0) is 21.6. The van der Waals surface area contributed by atoms with Gasteiger partial charge in [-0.1, -0.05) is 6.07 Å². The molecule has 3 heterocycles. The molecular formula is C23H28N6O2.